The van der Waals surface area contributed by atoms with E-state index in [1.54, 1.807) is 19.0 Å². The maximum Gasteiger partial charge on any atom is 0.235 e. The number of rotatable bonds is 6. The van der Waals surface area contributed by atoms with Gasteiger partial charge in [-0.05, 0) is 24.6 Å². The molecular formula is C21H22N4O3S. The Morgan fingerprint density at radius 2 is 1.90 bits per heavy atom. The molecule has 1 atom stereocenters. The van der Waals surface area contributed by atoms with Crippen molar-refractivity contribution in [2.45, 2.75) is 23.9 Å². The fourth-order valence-corrected chi connectivity index (χ4v) is 4.11. The van der Waals surface area contributed by atoms with Crippen LogP contribution in [0, 0.1) is 0 Å². The van der Waals surface area contributed by atoms with Crippen LogP contribution in [-0.4, -0.2) is 51.7 Å². The minimum absolute atomic E-state index is 0.0360. The number of carbonyl (C=O) groups excluding carboxylic acids is 1. The summed E-state index contributed by atoms with van der Waals surface area (Å²) in [6, 6.07) is 15.8. The summed E-state index contributed by atoms with van der Waals surface area (Å²) in [6.07, 6.45) is 0. The van der Waals surface area contributed by atoms with Crippen LogP contribution in [0.15, 0.2) is 53.7 Å². The molecule has 3 aromatic rings. The first-order valence-corrected chi connectivity index (χ1v) is 10.2. The zero-order valence-corrected chi connectivity index (χ0v) is 17.3. The zero-order chi connectivity index (χ0) is 20.4. The number of hydrogen-bond acceptors (Lipinski definition) is 6. The van der Waals surface area contributed by atoms with E-state index in [1.165, 1.54) is 11.8 Å². The number of nitrogens with zero attached hydrogens (tertiary/aromatic N) is 4. The molecule has 0 saturated carbocycles. The van der Waals surface area contributed by atoms with Gasteiger partial charge in [0.05, 0.1) is 11.8 Å². The summed E-state index contributed by atoms with van der Waals surface area (Å²) < 4.78 is 13.0. The predicted octanol–water partition coefficient (Wildman–Crippen LogP) is 3.29. The fourth-order valence-electron chi connectivity index (χ4n) is 3.11. The van der Waals surface area contributed by atoms with Crippen LogP contribution < -0.4 is 9.47 Å². The molecule has 4 rings (SSSR count). The standard InChI is InChI=1S/C21H22N4O3S/c1-14(20(26)24(2)3)29-21-23-22-19(16-7-5-4-6-8-16)25(21)12-15-9-10-17-18(11-15)28-13-27-17/h4-11,14H,12-13H2,1-3H3. The Hall–Kier alpha value is -3.00. The minimum Gasteiger partial charge on any atom is -0.454 e. The Balaban J connectivity index is 1.69. The van der Waals surface area contributed by atoms with Gasteiger partial charge in [0, 0.05) is 19.7 Å². The highest BCUT2D eigenvalue weighted by Crippen LogP contribution is 2.34. The van der Waals surface area contributed by atoms with Gasteiger partial charge in [-0.1, -0.05) is 48.2 Å². The summed E-state index contributed by atoms with van der Waals surface area (Å²) in [6.45, 7) is 2.68. The van der Waals surface area contributed by atoms with Crippen molar-refractivity contribution >= 4 is 17.7 Å². The molecule has 0 fully saturated rings. The lowest BCUT2D eigenvalue weighted by Gasteiger charge is -2.17. The van der Waals surface area contributed by atoms with Gasteiger partial charge in [-0.25, -0.2) is 0 Å². The Kier molecular flexibility index (Phi) is 5.44. The Bertz CT molecular complexity index is 1020. The van der Waals surface area contributed by atoms with E-state index in [0.29, 0.717) is 11.7 Å². The van der Waals surface area contributed by atoms with E-state index in [1.807, 2.05) is 60.0 Å². The van der Waals surface area contributed by atoms with E-state index in [-0.39, 0.29) is 18.0 Å². The van der Waals surface area contributed by atoms with Gasteiger partial charge in [0.15, 0.2) is 22.5 Å². The van der Waals surface area contributed by atoms with Crippen LogP contribution in [0.1, 0.15) is 12.5 Å². The molecule has 1 aromatic heterocycles. The number of amides is 1. The summed E-state index contributed by atoms with van der Waals surface area (Å²) in [5.41, 5.74) is 2.01. The van der Waals surface area contributed by atoms with Crippen molar-refractivity contribution in [3.63, 3.8) is 0 Å². The van der Waals surface area contributed by atoms with Gasteiger partial charge in [-0.2, -0.15) is 0 Å². The number of ether oxygens (including phenoxy) is 2. The van der Waals surface area contributed by atoms with E-state index >= 15 is 0 Å². The van der Waals surface area contributed by atoms with Crippen LogP contribution in [0.2, 0.25) is 0 Å². The van der Waals surface area contributed by atoms with Crippen LogP contribution in [0.4, 0.5) is 0 Å². The van der Waals surface area contributed by atoms with Crippen LogP contribution in [0.5, 0.6) is 11.5 Å². The van der Waals surface area contributed by atoms with Crippen LogP contribution >= 0.6 is 11.8 Å². The lowest BCUT2D eigenvalue weighted by Crippen LogP contribution is -2.29. The zero-order valence-electron chi connectivity index (χ0n) is 16.5. The van der Waals surface area contributed by atoms with Gasteiger partial charge >= 0.3 is 0 Å². The summed E-state index contributed by atoms with van der Waals surface area (Å²) in [7, 11) is 3.51. The monoisotopic (exact) mass is 410 g/mol. The quantitative estimate of drug-likeness (QED) is 0.581. The number of carbonyl (C=O) groups is 1. The molecule has 1 aliphatic rings. The highest BCUT2D eigenvalue weighted by atomic mass is 32.2. The van der Waals surface area contributed by atoms with E-state index in [2.05, 4.69) is 10.2 Å². The lowest BCUT2D eigenvalue weighted by molar-refractivity contribution is -0.127. The molecule has 0 radical (unpaired) electrons. The summed E-state index contributed by atoms with van der Waals surface area (Å²) >= 11 is 1.41. The molecule has 1 unspecified atom stereocenters. The van der Waals surface area contributed by atoms with Crippen molar-refractivity contribution in [2.24, 2.45) is 0 Å². The third-order valence-electron chi connectivity index (χ3n) is 4.60. The van der Waals surface area contributed by atoms with Crippen molar-refractivity contribution in [2.75, 3.05) is 20.9 Å². The normalized spacial score (nSPS) is 13.3. The molecule has 8 heteroatoms. The first-order valence-electron chi connectivity index (χ1n) is 9.28. The Morgan fingerprint density at radius 1 is 1.14 bits per heavy atom. The van der Waals surface area contributed by atoms with Crippen molar-refractivity contribution < 1.29 is 14.3 Å². The SMILES string of the molecule is CC(Sc1nnc(-c2ccccc2)n1Cc1ccc2c(c1)OCO2)C(=O)N(C)C. The first kappa shape index (κ1) is 19.3. The average Bonchev–Trinajstić information content (AvgIpc) is 3.35. The third kappa shape index (κ3) is 4.07. The molecule has 0 spiro atoms. The minimum atomic E-state index is -0.270. The van der Waals surface area contributed by atoms with E-state index in [9.17, 15) is 4.79 Å². The maximum absolute atomic E-state index is 12.3. The van der Waals surface area contributed by atoms with Crippen molar-refractivity contribution in [3.05, 3.63) is 54.1 Å². The second kappa shape index (κ2) is 8.16. The fraction of sp³-hybridized carbons (Fsp3) is 0.286. The summed E-state index contributed by atoms with van der Waals surface area (Å²) in [5, 5.41) is 9.24. The van der Waals surface area contributed by atoms with Crippen molar-refractivity contribution in [1.29, 1.82) is 0 Å². The molecule has 0 N–H and O–H groups in total. The smallest absolute Gasteiger partial charge is 0.235 e. The van der Waals surface area contributed by atoms with Gasteiger partial charge in [0.2, 0.25) is 12.7 Å². The molecule has 7 nitrogen and oxygen atoms in total. The number of hydrogen-bond donors (Lipinski definition) is 0. The van der Waals surface area contributed by atoms with Crippen LogP contribution in [0.3, 0.4) is 0 Å². The van der Waals surface area contributed by atoms with Gasteiger partial charge in [-0.15, -0.1) is 10.2 Å². The van der Waals surface area contributed by atoms with Gasteiger partial charge in [0.1, 0.15) is 0 Å². The molecule has 2 aromatic carbocycles. The maximum atomic E-state index is 12.3. The Labute approximate surface area is 173 Å². The molecule has 0 saturated heterocycles. The van der Waals surface area contributed by atoms with Crippen molar-refractivity contribution in [1.82, 2.24) is 19.7 Å². The van der Waals surface area contributed by atoms with Crippen LogP contribution in [0.25, 0.3) is 11.4 Å². The van der Waals surface area contributed by atoms with Gasteiger partial charge < -0.3 is 14.4 Å². The van der Waals surface area contributed by atoms with E-state index in [4.69, 9.17) is 9.47 Å². The summed E-state index contributed by atoms with van der Waals surface area (Å²) in [4.78, 5) is 13.9. The van der Waals surface area contributed by atoms with Crippen molar-refractivity contribution in [3.8, 4) is 22.9 Å². The number of thioether (sulfide) groups is 1. The van der Waals surface area contributed by atoms with Gasteiger partial charge in [-0.3, -0.25) is 9.36 Å². The number of aromatic nitrogens is 3. The van der Waals surface area contributed by atoms with Crippen LogP contribution in [-0.2, 0) is 11.3 Å². The molecule has 0 bridgehead atoms. The highest BCUT2D eigenvalue weighted by Gasteiger charge is 2.22. The molecule has 150 valence electrons. The molecule has 2 heterocycles. The predicted molar refractivity (Wildman–Crippen MR) is 111 cm³/mol. The second-order valence-corrected chi connectivity index (χ2v) is 8.25. The third-order valence-corrected chi connectivity index (χ3v) is 5.67. The highest BCUT2D eigenvalue weighted by molar-refractivity contribution is 8.00. The molecule has 29 heavy (non-hydrogen) atoms. The first-order chi connectivity index (χ1) is 14.0. The average molecular weight is 410 g/mol. The molecule has 1 amide bonds. The molecule has 0 aliphatic carbocycles. The Morgan fingerprint density at radius 3 is 2.66 bits per heavy atom. The number of fused-ring (bicyclic) bond motifs is 1. The van der Waals surface area contributed by atoms with Gasteiger partial charge in [0.25, 0.3) is 0 Å². The topological polar surface area (TPSA) is 69.5 Å². The second-order valence-electron chi connectivity index (χ2n) is 6.94. The molecular weight excluding hydrogens is 388 g/mol. The lowest BCUT2D eigenvalue weighted by atomic mass is 10.2. The summed E-state index contributed by atoms with van der Waals surface area (Å²) in [5.74, 6) is 2.28. The number of benzene rings is 2. The van der Waals surface area contributed by atoms with E-state index < -0.39 is 0 Å². The molecule has 1 aliphatic heterocycles. The van der Waals surface area contributed by atoms with E-state index in [0.717, 1.165) is 28.5 Å². The largest absolute Gasteiger partial charge is 0.454 e.